The van der Waals surface area contributed by atoms with Gasteiger partial charge in [-0.1, -0.05) is 18.2 Å². The fourth-order valence-electron chi connectivity index (χ4n) is 2.17. The molecule has 2 rings (SSSR count). The van der Waals surface area contributed by atoms with Crippen LogP contribution in [0.2, 0.25) is 0 Å². The van der Waals surface area contributed by atoms with Crippen LogP contribution in [-0.4, -0.2) is 35.0 Å². The summed E-state index contributed by atoms with van der Waals surface area (Å²) in [5.74, 6) is -1.72. The van der Waals surface area contributed by atoms with Gasteiger partial charge in [0.2, 0.25) is 11.8 Å². The number of carboxylic acids is 1. The van der Waals surface area contributed by atoms with Crippen molar-refractivity contribution in [1.82, 2.24) is 10.6 Å². The summed E-state index contributed by atoms with van der Waals surface area (Å²) in [7, 11) is 0. The molecule has 112 valence electrons. The van der Waals surface area contributed by atoms with Gasteiger partial charge in [0, 0.05) is 16.4 Å². The number of amides is 2. The second kappa shape index (κ2) is 6.88. The second-order valence-electron chi connectivity index (χ2n) is 4.85. The highest BCUT2D eigenvalue weighted by Crippen LogP contribution is 2.14. The van der Waals surface area contributed by atoms with Gasteiger partial charge in [0.1, 0.15) is 12.1 Å². The number of carboxylic acid groups (broad SMARTS) is 1. The summed E-state index contributed by atoms with van der Waals surface area (Å²) in [6.07, 6.45) is 0.910. The zero-order valence-electron chi connectivity index (χ0n) is 11.1. The first kappa shape index (κ1) is 15.7. The third-order valence-electron chi connectivity index (χ3n) is 3.31. The molecule has 6 nitrogen and oxygen atoms in total. The average molecular weight is 402 g/mol. The summed E-state index contributed by atoms with van der Waals surface area (Å²) in [6.45, 7) is 0. The molecule has 21 heavy (non-hydrogen) atoms. The Kier molecular flexibility index (Phi) is 5.16. The predicted molar refractivity (Wildman–Crippen MR) is 83.6 cm³/mol. The van der Waals surface area contributed by atoms with Crippen LogP contribution in [0.15, 0.2) is 24.3 Å². The number of benzene rings is 1. The van der Waals surface area contributed by atoms with E-state index in [0.29, 0.717) is 12.8 Å². The minimum absolute atomic E-state index is 0.181. The Bertz CT molecular complexity index is 576. The van der Waals surface area contributed by atoms with E-state index in [0.717, 1.165) is 9.13 Å². The van der Waals surface area contributed by atoms with Gasteiger partial charge in [0.25, 0.3) is 0 Å². The lowest BCUT2D eigenvalue weighted by Crippen LogP contribution is -2.49. The molecule has 1 aliphatic rings. The first-order valence-electron chi connectivity index (χ1n) is 6.53. The number of hydrogen-bond donors (Lipinski definition) is 3. The van der Waals surface area contributed by atoms with Crippen molar-refractivity contribution in [2.45, 2.75) is 31.3 Å². The average Bonchev–Trinajstić information content (AvgIpc) is 2.87. The molecular formula is C14H15IN2O4. The predicted octanol–water partition coefficient (Wildman–Crippen LogP) is 0.682. The Hall–Kier alpha value is -1.64. The third-order valence-corrected chi connectivity index (χ3v) is 4.36. The molecule has 0 aromatic heterocycles. The number of aliphatic carboxylic acids is 1. The lowest BCUT2D eigenvalue weighted by Gasteiger charge is -2.18. The zero-order valence-corrected chi connectivity index (χ0v) is 13.3. The molecule has 0 saturated carbocycles. The van der Waals surface area contributed by atoms with Gasteiger partial charge in [-0.15, -0.1) is 0 Å². The van der Waals surface area contributed by atoms with Gasteiger partial charge in [-0.2, -0.15) is 0 Å². The quantitative estimate of drug-likeness (QED) is 0.632. The van der Waals surface area contributed by atoms with Crippen LogP contribution in [0.3, 0.4) is 0 Å². The van der Waals surface area contributed by atoms with Gasteiger partial charge in [-0.05, 0) is 40.6 Å². The minimum Gasteiger partial charge on any atom is -0.480 e. The molecule has 0 radical (unpaired) electrons. The second-order valence-corrected chi connectivity index (χ2v) is 6.02. The standard InChI is InChI=1S/C14H15IN2O4/c15-9-4-2-1-3-8(9)7-11(14(20)21)17-13(19)10-5-6-12(18)16-10/h1-4,10-11H,5-7H2,(H,16,18)(H,17,19)(H,20,21)/t10-,11+/m0/s1. The highest BCUT2D eigenvalue weighted by molar-refractivity contribution is 14.1. The number of hydrogen-bond acceptors (Lipinski definition) is 3. The molecule has 3 N–H and O–H groups in total. The molecule has 1 saturated heterocycles. The summed E-state index contributed by atoms with van der Waals surface area (Å²) in [5, 5.41) is 14.3. The van der Waals surface area contributed by atoms with Crippen molar-refractivity contribution in [2.24, 2.45) is 0 Å². The molecule has 1 aromatic carbocycles. The molecule has 0 bridgehead atoms. The van der Waals surface area contributed by atoms with Crippen molar-refractivity contribution < 1.29 is 19.5 Å². The summed E-state index contributed by atoms with van der Waals surface area (Å²) in [6, 6.07) is 5.78. The number of nitrogens with one attached hydrogen (secondary N) is 2. The molecule has 2 atom stereocenters. The fourth-order valence-corrected chi connectivity index (χ4v) is 2.77. The maximum absolute atomic E-state index is 12.0. The van der Waals surface area contributed by atoms with Crippen molar-refractivity contribution in [3.63, 3.8) is 0 Å². The van der Waals surface area contributed by atoms with E-state index in [1.807, 2.05) is 24.3 Å². The molecule has 1 fully saturated rings. The SMILES string of the molecule is O=C1CC[C@@H](C(=O)N[C@H](Cc2ccccc2I)C(=O)O)N1. The van der Waals surface area contributed by atoms with Crippen LogP contribution in [0, 0.1) is 3.57 Å². The first-order chi connectivity index (χ1) is 9.97. The number of halogens is 1. The van der Waals surface area contributed by atoms with Crippen LogP contribution >= 0.6 is 22.6 Å². The van der Waals surface area contributed by atoms with Gasteiger partial charge < -0.3 is 15.7 Å². The van der Waals surface area contributed by atoms with Crippen molar-refractivity contribution in [2.75, 3.05) is 0 Å². The Morgan fingerprint density at radius 2 is 2.14 bits per heavy atom. The van der Waals surface area contributed by atoms with E-state index < -0.39 is 24.0 Å². The largest absolute Gasteiger partial charge is 0.480 e. The smallest absolute Gasteiger partial charge is 0.326 e. The maximum atomic E-state index is 12.0. The topological polar surface area (TPSA) is 95.5 Å². The van der Waals surface area contributed by atoms with Crippen LogP contribution in [0.5, 0.6) is 0 Å². The Labute approximate surface area is 135 Å². The van der Waals surface area contributed by atoms with Crippen LogP contribution in [-0.2, 0) is 20.8 Å². The van der Waals surface area contributed by atoms with Crippen molar-refractivity contribution in [3.8, 4) is 0 Å². The summed E-state index contributed by atoms with van der Waals surface area (Å²) >= 11 is 2.13. The van der Waals surface area contributed by atoms with E-state index in [9.17, 15) is 19.5 Å². The van der Waals surface area contributed by atoms with E-state index in [2.05, 4.69) is 33.2 Å². The Balaban J connectivity index is 2.03. The molecule has 0 spiro atoms. The van der Waals surface area contributed by atoms with E-state index in [4.69, 9.17) is 0 Å². The van der Waals surface area contributed by atoms with E-state index in [-0.39, 0.29) is 12.3 Å². The van der Waals surface area contributed by atoms with E-state index in [1.165, 1.54) is 0 Å². The summed E-state index contributed by atoms with van der Waals surface area (Å²) in [4.78, 5) is 34.4. The van der Waals surface area contributed by atoms with Crippen molar-refractivity contribution in [3.05, 3.63) is 33.4 Å². The highest BCUT2D eigenvalue weighted by Gasteiger charge is 2.30. The maximum Gasteiger partial charge on any atom is 0.326 e. The molecule has 1 heterocycles. The molecule has 7 heteroatoms. The third kappa shape index (κ3) is 4.16. The van der Waals surface area contributed by atoms with Crippen LogP contribution in [0.1, 0.15) is 18.4 Å². The van der Waals surface area contributed by atoms with Crippen LogP contribution < -0.4 is 10.6 Å². The first-order valence-corrected chi connectivity index (χ1v) is 7.61. The zero-order chi connectivity index (χ0) is 15.4. The van der Waals surface area contributed by atoms with Gasteiger partial charge in [0.05, 0.1) is 0 Å². The number of rotatable bonds is 5. The molecule has 1 aromatic rings. The fraction of sp³-hybridized carbons (Fsp3) is 0.357. The molecule has 0 aliphatic carbocycles. The lowest BCUT2D eigenvalue weighted by molar-refractivity contribution is -0.142. The summed E-state index contributed by atoms with van der Waals surface area (Å²) < 4.78 is 0.949. The van der Waals surface area contributed by atoms with Gasteiger partial charge >= 0.3 is 5.97 Å². The number of carbonyl (C=O) groups is 3. The normalized spacial score (nSPS) is 18.9. The van der Waals surface area contributed by atoms with Crippen LogP contribution in [0.25, 0.3) is 0 Å². The van der Waals surface area contributed by atoms with Crippen molar-refractivity contribution in [1.29, 1.82) is 0 Å². The minimum atomic E-state index is -1.09. The monoisotopic (exact) mass is 402 g/mol. The molecule has 1 aliphatic heterocycles. The van der Waals surface area contributed by atoms with Crippen molar-refractivity contribution >= 4 is 40.4 Å². The molecular weight excluding hydrogens is 387 g/mol. The van der Waals surface area contributed by atoms with E-state index in [1.54, 1.807) is 0 Å². The van der Waals surface area contributed by atoms with Gasteiger partial charge in [-0.3, -0.25) is 9.59 Å². The number of carbonyl (C=O) groups excluding carboxylic acids is 2. The van der Waals surface area contributed by atoms with Crippen LogP contribution in [0.4, 0.5) is 0 Å². The Morgan fingerprint density at radius 1 is 1.43 bits per heavy atom. The van der Waals surface area contributed by atoms with E-state index >= 15 is 0 Å². The lowest BCUT2D eigenvalue weighted by atomic mass is 10.1. The molecule has 0 unspecified atom stereocenters. The Morgan fingerprint density at radius 3 is 2.71 bits per heavy atom. The molecule has 2 amide bonds. The highest BCUT2D eigenvalue weighted by atomic mass is 127. The van der Waals surface area contributed by atoms with Gasteiger partial charge in [-0.25, -0.2) is 4.79 Å². The van der Waals surface area contributed by atoms with Gasteiger partial charge in [0.15, 0.2) is 0 Å². The summed E-state index contributed by atoms with van der Waals surface area (Å²) in [5.41, 5.74) is 0.862.